The second kappa shape index (κ2) is 5.27. The fourth-order valence-electron chi connectivity index (χ4n) is 1.45. The van der Waals surface area contributed by atoms with Crippen LogP contribution in [0.25, 0.3) is 0 Å². The Bertz CT molecular complexity index is 385. The first kappa shape index (κ1) is 12.9. The van der Waals surface area contributed by atoms with Crippen LogP contribution in [0.5, 0.6) is 0 Å². The van der Waals surface area contributed by atoms with Gasteiger partial charge < -0.3 is 5.32 Å². The Kier molecular flexibility index (Phi) is 4.54. The van der Waals surface area contributed by atoms with Crippen LogP contribution in [0.1, 0.15) is 6.42 Å². The van der Waals surface area contributed by atoms with Crippen molar-refractivity contribution in [3.05, 3.63) is 17.5 Å². The van der Waals surface area contributed by atoms with Crippen LogP contribution in [0.4, 0.5) is 0 Å². The fraction of sp³-hybridized carbons (Fsp3) is 0.500. The Labute approximate surface area is 99.5 Å². The number of rotatable bonds is 3. The molecule has 1 aromatic rings. The lowest BCUT2D eigenvalue weighted by atomic mass is 10.3. The second-order valence-corrected chi connectivity index (χ2v) is 6.13. The van der Waals surface area contributed by atoms with Gasteiger partial charge in [-0.3, -0.25) is 0 Å². The van der Waals surface area contributed by atoms with Gasteiger partial charge in [0, 0.05) is 12.6 Å². The summed E-state index contributed by atoms with van der Waals surface area (Å²) in [4.78, 5) is 0. The molecule has 0 aromatic carbocycles. The average molecular weight is 269 g/mol. The smallest absolute Gasteiger partial charge is 0.250 e. The molecule has 0 amide bonds. The van der Waals surface area contributed by atoms with Crippen LogP contribution < -0.4 is 10.0 Å². The Morgan fingerprint density at radius 1 is 1.53 bits per heavy atom. The molecule has 7 heteroatoms. The van der Waals surface area contributed by atoms with E-state index in [-0.39, 0.29) is 18.4 Å². The summed E-state index contributed by atoms with van der Waals surface area (Å²) >= 11 is 1.24. The molecule has 0 radical (unpaired) electrons. The molecule has 2 heterocycles. The van der Waals surface area contributed by atoms with Gasteiger partial charge in [0.25, 0.3) is 0 Å². The molecule has 2 N–H and O–H groups in total. The van der Waals surface area contributed by atoms with E-state index in [1.54, 1.807) is 17.5 Å². The molecule has 4 nitrogen and oxygen atoms in total. The Balaban J connectivity index is 0.00000112. The lowest BCUT2D eigenvalue weighted by Gasteiger charge is -2.09. The molecule has 1 fully saturated rings. The van der Waals surface area contributed by atoms with E-state index in [2.05, 4.69) is 10.0 Å². The second-order valence-electron chi connectivity index (χ2n) is 3.24. The first-order valence-corrected chi connectivity index (χ1v) is 6.81. The predicted molar refractivity (Wildman–Crippen MR) is 63.2 cm³/mol. The maximum absolute atomic E-state index is 11.7. The van der Waals surface area contributed by atoms with E-state index in [1.807, 2.05) is 0 Å². The number of thiophene rings is 1. The van der Waals surface area contributed by atoms with Crippen molar-refractivity contribution in [3.8, 4) is 0 Å². The molecule has 0 aliphatic carbocycles. The summed E-state index contributed by atoms with van der Waals surface area (Å²) in [7, 11) is -3.27. The summed E-state index contributed by atoms with van der Waals surface area (Å²) < 4.78 is 26.5. The number of nitrogens with one attached hydrogen (secondary N) is 2. The molecule has 0 bridgehead atoms. The lowest BCUT2D eigenvalue weighted by molar-refractivity contribution is 0.562. The van der Waals surface area contributed by atoms with Gasteiger partial charge in [-0.1, -0.05) is 6.07 Å². The highest BCUT2D eigenvalue weighted by Gasteiger charge is 2.22. The monoisotopic (exact) mass is 268 g/mol. The first-order chi connectivity index (χ1) is 6.68. The zero-order chi connectivity index (χ0) is 10.0. The van der Waals surface area contributed by atoms with E-state index in [0.717, 1.165) is 19.5 Å². The molecule has 1 saturated heterocycles. The number of hydrogen-bond donors (Lipinski definition) is 2. The summed E-state index contributed by atoms with van der Waals surface area (Å²) in [6, 6.07) is 3.41. The SMILES string of the molecule is Cl.O=S(=O)(N[C@@H]1CCNC1)c1cccs1. The molecule has 1 aliphatic heterocycles. The van der Waals surface area contributed by atoms with Gasteiger partial charge in [-0.25, -0.2) is 13.1 Å². The minimum Gasteiger partial charge on any atom is -0.315 e. The maximum Gasteiger partial charge on any atom is 0.250 e. The molecule has 2 rings (SSSR count). The molecular weight excluding hydrogens is 256 g/mol. The summed E-state index contributed by atoms with van der Waals surface area (Å²) in [6.45, 7) is 1.61. The van der Waals surface area contributed by atoms with Gasteiger partial charge in [0.1, 0.15) is 4.21 Å². The minimum absolute atomic E-state index is 0. The van der Waals surface area contributed by atoms with E-state index >= 15 is 0 Å². The van der Waals surface area contributed by atoms with Gasteiger partial charge in [0.2, 0.25) is 10.0 Å². The van der Waals surface area contributed by atoms with Crippen LogP contribution >= 0.6 is 23.7 Å². The van der Waals surface area contributed by atoms with Crippen molar-refractivity contribution in [1.29, 1.82) is 0 Å². The highest BCUT2D eigenvalue weighted by molar-refractivity contribution is 7.91. The molecule has 0 spiro atoms. The number of sulfonamides is 1. The summed E-state index contributed by atoms with van der Waals surface area (Å²) in [6.07, 6.45) is 0.866. The van der Waals surface area contributed by atoms with Gasteiger partial charge in [-0.2, -0.15) is 0 Å². The van der Waals surface area contributed by atoms with Crippen molar-refractivity contribution >= 4 is 33.8 Å². The Morgan fingerprint density at radius 3 is 2.87 bits per heavy atom. The summed E-state index contributed by atoms with van der Waals surface area (Å²) in [5.41, 5.74) is 0. The van der Waals surface area contributed by atoms with Crippen molar-refractivity contribution in [3.63, 3.8) is 0 Å². The summed E-state index contributed by atoms with van der Waals surface area (Å²) in [5, 5.41) is 4.88. The minimum atomic E-state index is -3.27. The molecule has 86 valence electrons. The third-order valence-corrected chi connectivity index (χ3v) is 5.06. The van der Waals surface area contributed by atoms with E-state index in [9.17, 15) is 8.42 Å². The largest absolute Gasteiger partial charge is 0.315 e. The van der Waals surface area contributed by atoms with Gasteiger partial charge in [0.05, 0.1) is 0 Å². The predicted octanol–water partition coefficient (Wildman–Crippen LogP) is 0.810. The lowest BCUT2D eigenvalue weighted by Crippen LogP contribution is -2.35. The van der Waals surface area contributed by atoms with Crippen LogP contribution in [0.3, 0.4) is 0 Å². The van der Waals surface area contributed by atoms with Crippen molar-refractivity contribution < 1.29 is 8.42 Å². The van der Waals surface area contributed by atoms with E-state index in [4.69, 9.17) is 0 Å². The van der Waals surface area contributed by atoms with Crippen LogP contribution in [-0.4, -0.2) is 27.5 Å². The van der Waals surface area contributed by atoms with Crippen LogP contribution in [0.2, 0.25) is 0 Å². The van der Waals surface area contributed by atoms with Gasteiger partial charge in [-0.15, -0.1) is 23.7 Å². The number of halogens is 1. The third kappa shape index (κ3) is 3.15. The fourth-order valence-corrected chi connectivity index (χ4v) is 3.73. The van der Waals surface area contributed by atoms with Crippen molar-refractivity contribution in [2.45, 2.75) is 16.7 Å². The zero-order valence-electron chi connectivity index (χ0n) is 7.97. The topological polar surface area (TPSA) is 58.2 Å². The van der Waals surface area contributed by atoms with E-state index < -0.39 is 10.0 Å². The summed E-state index contributed by atoms with van der Waals surface area (Å²) in [5.74, 6) is 0. The molecular formula is C8H13ClN2O2S2. The molecule has 15 heavy (non-hydrogen) atoms. The van der Waals surface area contributed by atoms with Crippen LogP contribution in [-0.2, 0) is 10.0 Å². The zero-order valence-corrected chi connectivity index (χ0v) is 10.4. The molecule has 0 saturated carbocycles. The molecule has 1 atom stereocenters. The van der Waals surface area contributed by atoms with Gasteiger partial charge in [0.15, 0.2) is 0 Å². The molecule has 1 aliphatic rings. The van der Waals surface area contributed by atoms with Gasteiger partial charge in [-0.05, 0) is 24.4 Å². The van der Waals surface area contributed by atoms with Crippen molar-refractivity contribution in [1.82, 2.24) is 10.0 Å². The molecule has 0 unspecified atom stereocenters. The van der Waals surface area contributed by atoms with Crippen molar-refractivity contribution in [2.75, 3.05) is 13.1 Å². The van der Waals surface area contributed by atoms with Crippen molar-refractivity contribution in [2.24, 2.45) is 0 Å². The van der Waals surface area contributed by atoms with Gasteiger partial charge >= 0.3 is 0 Å². The highest BCUT2D eigenvalue weighted by Crippen LogP contribution is 2.16. The van der Waals surface area contributed by atoms with Crippen LogP contribution in [0, 0.1) is 0 Å². The quantitative estimate of drug-likeness (QED) is 0.853. The van der Waals surface area contributed by atoms with E-state index in [1.165, 1.54) is 11.3 Å². The average Bonchev–Trinajstić information content (AvgIpc) is 2.71. The highest BCUT2D eigenvalue weighted by atomic mass is 35.5. The molecule has 1 aromatic heterocycles. The normalized spacial score (nSPS) is 21.2. The Morgan fingerprint density at radius 2 is 2.33 bits per heavy atom. The van der Waals surface area contributed by atoms with E-state index in [0.29, 0.717) is 4.21 Å². The third-order valence-electron chi connectivity index (χ3n) is 2.14. The standard InChI is InChI=1S/C8H12N2O2S2.ClH/c11-14(12,8-2-1-5-13-8)10-7-3-4-9-6-7;/h1-2,5,7,9-10H,3-4,6H2;1H/t7-;/m1./s1. The maximum atomic E-state index is 11.7. The van der Waals surface area contributed by atoms with Crippen LogP contribution in [0.15, 0.2) is 21.7 Å². The Hall–Kier alpha value is -0.140. The number of hydrogen-bond acceptors (Lipinski definition) is 4. The first-order valence-electron chi connectivity index (χ1n) is 4.45.